The van der Waals surface area contributed by atoms with Crippen molar-refractivity contribution in [1.29, 1.82) is 0 Å². The molecule has 0 unspecified atom stereocenters. The van der Waals surface area contributed by atoms with Crippen molar-refractivity contribution >= 4 is 11.9 Å². The van der Waals surface area contributed by atoms with Crippen LogP contribution in [0.1, 0.15) is 40.5 Å². The third-order valence-corrected chi connectivity index (χ3v) is 4.29. The minimum Gasteiger partial charge on any atom is -0.478 e. The molecule has 0 fully saturated rings. The van der Waals surface area contributed by atoms with Crippen molar-refractivity contribution in [3.8, 4) is 0 Å². The molecule has 1 aliphatic rings. The van der Waals surface area contributed by atoms with E-state index in [2.05, 4.69) is 0 Å². The Labute approximate surface area is 155 Å². The third kappa shape index (κ3) is 6.90. The normalized spacial score (nSPS) is 16.5. The van der Waals surface area contributed by atoms with E-state index in [0.717, 1.165) is 0 Å². The van der Waals surface area contributed by atoms with E-state index >= 15 is 0 Å². The van der Waals surface area contributed by atoms with Crippen LogP contribution in [-0.4, -0.2) is 71.7 Å². The maximum atomic E-state index is 11.9. The molecule has 7 heteroatoms. The number of carboxylic acid groups (broad SMARTS) is 2. The SMILES string of the molecule is CC(C)OCCC[N+]1(CCCOC(C)C)CC=C(C(=O)O)C=C1C(=O)O. The molecule has 0 aromatic rings. The predicted molar refractivity (Wildman–Crippen MR) is 97.7 cm³/mol. The summed E-state index contributed by atoms with van der Waals surface area (Å²) in [6.07, 6.45) is 4.55. The molecule has 1 aliphatic heterocycles. The van der Waals surface area contributed by atoms with Crippen LogP contribution >= 0.6 is 0 Å². The summed E-state index contributed by atoms with van der Waals surface area (Å²) >= 11 is 0. The van der Waals surface area contributed by atoms with Crippen LogP contribution in [0.15, 0.2) is 23.4 Å². The van der Waals surface area contributed by atoms with E-state index in [1.54, 1.807) is 6.08 Å². The van der Waals surface area contributed by atoms with Gasteiger partial charge >= 0.3 is 11.9 Å². The fourth-order valence-electron chi connectivity index (χ4n) is 3.04. The van der Waals surface area contributed by atoms with E-state index in [-0.39, 0.29) is 28.0 Å². The summed E-state index contributed by atoms with van der Waals surface area (Å²) in [4.78, 5) is 23.1. The molecule has 0 aromatic heterocycles. The Morgan fingerprint density at radius 2 is 1.50 bits per heavy atom. The molecule has 0 spiro atoms. The molecule has 0 bridgehead atoms. The fraction of sp³-hybridized carbons (Fsp3) is 0.684. The zero-order valence-electron chi connectivity index (χ0n) is 16.2. The van der Waals surface area contributed by atoms with Crippen LogP contribution < -0.4 is 0 Å². The Morgan fingerprint density at radius 1 is 1.00 bits per heavy atom. The lowest BCUT2D eigenvalue weighted by molar-refractivity contribution is -0.884. The van der Waals surface area contributed by atoms with E-state index in [9.17, 15) is 19.8 Å². The molecule has 0 aliphatic carbocycles. The number of nitrogens with zero attached hydrogens (tertiary/aromatic N) is 1. The summed E-state index contributed by atoms with van der Waals surface area (Å²) in [5.41, 5.74) is 0.159. The Balaban J connectivity index is 2.92. The quantitative estimate of drug-likeness (QED) is 0.405. The molecule has 1 heterocycles. The van der Waals surface area contributed by atoms with Gasteiger partial charge in [-0.15, -0.1) is 0 Å². The summed E-state index contributed by atoms with van der Waals surface area (Å²) in [5.74, 6) is -2.18. The van der Waals surface area contributed by atoms with Gasteiger partial charge in [0, 0.05) is 18.9 Å². The predicted octanol–water partition coefficient (Wildman–Crippen LogP) is 2.43. The van der Waals surface area contributed by atoms with Crippen LogP contribution in [0.3, 0.4) is 0 Å². The number of hydrogen-bond donors (Lipinski definition) is 2. The van der Waals surface area contributed by atoms with E-state index in [1.165, 1.54) is 6.08 Å². The molecule has 0 radical (unpaired) electrons. The van der Waals surface area contributed by atoms with E-state index < -0.39 is 11.9 Å². The number of rotatable bonds is 12. The second-order valence-corrected chi connectivity index (χ2v) is 7.12. The zero-order valence-corrected chi connectivity index (χ0v) is 16.2. The average Bonchev–Trinajstić information content (AvgIpc) is 2.55. The molecule has 0 saturated heterocycles. The van der Waals surface area contributed by atoms with Gasteiger partial charge in [-0.05, 0) is 33.8 Å². The van der Waals surface area contributed by atoms with Gasteiger partial charge in [-0.1, -0.05) is 0 Å². The Hall–Kier alpha value is -1.70. The van der Waals surface area contributed by atoms with Gasteiger partial charge in [0.2, 0.25) is 5.70 Å². The van der Waals surface area contributed by atoms with Crippen molar-refractivity contribution in [3.05, 3.63) is 23.4 Å². The summed E-state index contributed by atoms with van der Waals surface area (Å²) in [6, 6.07) is 0. The first-order valence-electron chi connectivity index (χ1n) is 9.16. The standard InChI is InChI=1S/C19H31NO6/c1-14(2)25-11-5-8-20(9-6-12-26-15(3)4)10-7-16(18(21)22)13-17(20)19(23)24/h7,13-15H,5-6,8-12H2,1-4H3,(H-,21,22,23,24)/p+1. The van der Waals surface area contributed by atoms with Crippen molar-refractivity contribution in [2.45, 2.75) is 52.7 Å². The molecule has 2 N–H and O–H groups in total. The largest absolute Gasteiger partial charge is 0.478 e. The van der Waals surface area contributed by atoms with Gasteiger partial charge in [0.15, 0.2) is 0 Å². The number of carboxylic acids is 2. The molecular formula is C19H32NO6+. The van der Waals surface area contributed by atoms with Gasteiger partial charge in [-0.3, -0.25) is 4.48 Å². The van der Waals surface area contributed by atoms with Gasteiger partial charge < -0.3 is 19.7 Å². The summed E-state index contributed by atoms with van der Waals surface area (Å²) in [5, 5.41) is 18.9. The molecule has 0 atom stereocenters. The van der Waals surface area contributed by atoms with Gasteiger partial charge in [0.1, 0.15) is 6.54 Å². The van der Waals surface area contributed by atoms with Crippen molar-refractivity contribution in [1.82, 2.24) is 0 Å². The molecule has 7 nitrogen and oxygen atoms in total. The Bertz CT molecular complexity index is 534. The smallest absolute Gasteiger partial charge is 0.390 e. The number of ether oxygens (including phenoxy) is 2. The second kappa shape index (κ2) is 10.4. The van der Waals surface area contributed by atoms with Crippen LogP contribution in [0, 0.1) is 0 Å². The van der Waals surface area contributed by atoms with Crippen molar-refractivity contribution in [2.75, 3.05) is 32.8 Å². The van der Waals surface area contributed by atoms with Gasteiger partial charge in [-0.2, -0.15) is 0 Å². The molecule has 0 amide bonds. The molecule has 1 rings (SSSR count). The Morgan fingerprint density at radius 3 is 1.88 bits per heavy atom. The minimum atomic E-state index is -1.10. The summed E-state index contributed by atoms with van der Waals surface area (Å²) in [7, 11) is 0. The minimum absolute atomic E-state index is 0.0352. The monoisotopic (exact) mass is 370 g/mol. The zero-order chi connectivity index (χ0) is 19.7. The van der Waals surface area contributed by atoms with Crippen LogP contribution in [0.2, 0.25) is 0 Å². The highest BCUT2D eigenvalue weighted by Gasteiger charge is 2.39. The van der Waals surface area contributed by atoms with Crippen molar-refractivity contribution in [2.24, 2.45) is 0 Å². The van der Waals surface area contributed by atoms with Crippen LogP contribution in [-0.2, 0) is 19.1 Å². The van der Waals surface area contributed by atoms with E-state index in [0.29, 0.717) is 45.7 Å². The van der Waals surface area contributed by atoms with Crippen LogP contribution in [0.5, 0.6) is 0 Å². The average molecular weight is 370 g/mol. The number of aliphatic carboxylic acids is 2. The topological polar surface area (TPSA) is 93.1 Å². The first kappa shape index (κ1) is 22.3. The molecule has 148 valence electrons. The lowest BCUT2D eigenvalue weighted by atomic mass is 10.0. The highest BCUT2D eigenvalue weighted by atomic mass is 16.5. The van der Waals surface area contributed by atoms with Crippen LogP contribution in [0.4, 0.5) is 0 Å². The fourth-order valence-corrected chi connectivity index (χ4v) is 3.04. The van der Waals surface area contributed by atoms with Gasteiger partial charge in [-0.25, -0.2) is 9.59 Å². The molecule has 0 saturated carbocycles. The van der Waals surface area contributed by atoms with E-state index in [4.69, 9.17) is 9.47 Å². The van der Waals surface area contributed by atoms with Gasteiger partial charge in [0.25, 0.3) is 0 Å². The van der Waals surface area contributed by atoms with Crippen molar-refractivity contribution in [3.63, 3.8) is 0 Å². The molecular weight excluding hydrogens is 338 g/mol. The van der Waals surface area contributed by atoms with Crippen LogP contribution in [0.25, 0.3) is 0 Å². The van der Waals surface area contributed by atoms with E-state index in [1.807, 2.05) is 27.7 Å². The number of hydrogen-bond acceptors (Lipinski definition) is 4. The second-order valence-electron chi connectivity index (χ2n) is 7.12. The lowest BCUT2D eigenvalue weighted by Crippen LogP contribution is -2.52. The van der Waals surface area contributed by atoms with Gasteiger partial charge in [0.05, 0.1) is 44.1 Å². The molecule has 26 heavy (non-hydrogen) atoms. The van der Waals surface area contributed by atoms with Crippen molar-refractivity contribution < 1.29 is 33.8 Å². The third-order valence-electron chi connectivity index (χ3n) is 4.29. The summed E-state index contributed by atoms with van der Waals surface area (Å²) < 4.78 is 11.4. The number of quaternary nitrogens is 1. The maximum absolute atomic E-state index is 11.9. The first-order chi connectivity index (χ1) is 12.2. The lowest BCUT2D eigenvalue weighted by Gasteiger charge is -2.39. The first-order valence-corrected chi connectivity index (χ1v) is 9.16. The maximum Gasteiger partial charge on any atom is 0.390 e. The number of carbonyl (C=O) groups is 2. The highest BCUT2D eigenvalue weighted by molar-refractivity contribution is 5.94. The highest BCUT2D eigenvalue weighted by Crippen LogP contribution is 2.27. The summed E-state index contributed by atoms with van der Waals surface area (Å²) in [6.45, 7) is 10.4. The molecule has 0 aromatic carbocycles. The Kier molecular flexibility index (Phi) is 8.98.